The van der Waals surface area contributed by atoms with Gasteiger partial charge in [-0.25, -0.2) is 17.6 Å². The zero-order valence-electron chi connectivity index (χ0n) is 10.5. The number of amides is 1. The van der Waals surface area contributed by atoms with Gasteiger partial charge in [-0.15, -0.1) is 0 Å². The third kappa shape index (κ3) is 3.11. The summed E-state index contributed by atoms with van der Waals surface area (Å²) < 4.78 is 91.5. The van der Waals surface area contributed by atoms with E-state index < -0.39 is 46.6 Å². The molecule has 0 saturated carbocycles. The molecule has 2 aromatic rings. The van der Waals surface area contributed by atoms with Gasteiger partial charge in [0.2, 0.25) is 0 Å². The largest absolute Gasteiger partial charge is 0.422 e. The molecule has 0 radical (unpaired) electrons. The second-order valence-electron chi connectivity index (χ2n) is 4.05. The Balaban J connectivity index is 2.53. The van der Waals surface area contributed by atoms with Crippen molar-refractivity contribution in [3.05, 3.63) is 44.3 Å². The van der Waals surface area contributed by atoms with E-state index in [-0.39, 0.29) is 9.26 Å². The van der Waals surface area contributed by atoms with E-state index in [1.807, 2.05) is 0 Å². The van der Waals surface area contributed by atoms with E-state index in [4.69, 9.17) is 0 Å². The predicted octanol–water partition coefficient (Wildman–Crippen LogP) is 3.84. The summed E-state index contributed by atoms with van der Waals surface area (Å²) in [5.74, 6) is -11.3. The molecular weight excluding hydrogens is 450 g/mol. The number of aromatic amines is 1. The van der Waals surface area contributed by atoms with E-state index in [1.54, 1.807) is 22.6 Å². The second-order valence-corrected chi connectivity index (χ2v) is 5.21. The van der Waals surface area contributed by atoms with Gasteiger partial charge in [0.05, 0.1) is 9.77 Å². The molecule has 0 atom stereocenters. The van der Waals surface area contributed by atoms with Crippen molar-refractivity contribution in [2.75, 3.05) is 5.32 Å². The highest BCUT2D eigenvalue weighted by Gasteiger charge is 2.42. The van der Waals surface area contributed by atoms with Gasteiger partial charge in [0.25, 0.3) is 5.91 Å². The van der Waals surface area contributed by atoms with Gasteiger partial charge in [-0.05, 0) is 22.6 Å². The monoisotopic (exact) mass is 453 g/mol. The first kappa shape index (κ1) is 17.5. The van der Waals surface area contributed by atoms with Crippen LogP contribution in [-0.2, 0) is 6.18 Å². The summed E-state index contributed by atoms with van der Waals surface area (Å²) >= 11 is 1.62. The molecule has 0 saturated heterocycles. The fraction of sp³-hybridized carbons (Fsp3) is 0.0909. The molecule has 0 aliphatic rings. The van der Waals surface area contributed by atoms with Gasteiger partial charge >= 0.3 is 6.18 Å². The van der Waals surface area contributed by atoms with Crippen molar-refractivity contribution in [1.82, 2.24) is 10.2 Å². The molecule has 2 rings (SSSR count). The Hall–Kier alpha value is -1.86. The molecule has 0 aliphatic heterocycles. The van der Waals surface area contributed by atoms with Crippen LogP contribution in [0.1, 0.15) is 16.1 Å². The number of carbonyl (C=O) groups is 1. The predicted molar refractivity (Wildman–Crippen MR) is 70.5 cm³/mol. The van der Waals surface area contributed by atoms with Gasteiger partial charge in [0.15, 0.2) is 23.3 Å². The molecule has 1 aromatic carbocycles. The van der Waals surface area contributed by atoms with Gasteiger partial charge in [-0.2, -0.15) is 18.3 Å². The fourth-order valence-corrected chi connectivity index (χ4v) is 2.10. The van der Waals surface area contributed by atoms with Gasteiger partial charge in [-0.3, -0.25) is 9.89 Å². The van der Waals surface area contributed by atoms with E-state index in [0.717, 1.165) is 6.20 Å². The van der Waals surface area contributed by atoms with Gasteiger partial charge in [0.1, 0.15) is 16.9 Å². The normalized spacial score (nSPS) is 11.7. The molecule has 0 unspecified atom stereocenters. The molecule has 4 nitrogen and oxygen atoms in total. The smallest absolute Gasteiger partial charge is 0.315 e. The highest BCUT2D eigenvalue weighted by Crippen LogP contribution is 2.38. The molecule has 12 heteroatoms. The first-order valence-corrected chi connectivity index (χ1v) is 6.57. The number of aromatic nitrogens is 2. The van der Waals surface area contributed by atoms with Crippen molar-refractivity contribution >= 4 is 34.2 Å². The molecule has 1 heterocycles. The first-order valence-electron chi connectivity index (χ1n) is 5.49. The Morgan fingerprint density at radius 2 is 1.61 bits per heavy atom. The minimum Gasteiger partial charge on any atom is -0.315 e. The second kappa shape index (κ2) is 5.98. The quantitative estimate of drug-likeness (QED) is 0.413. The average molecular weight is 453 g/mol. The maximum Gasteiger partial charge on any atom is 0.422 e. The van der Waals surface area contributed by atoms with Crippen molar-refractivity contribution in [3.63, 3.8) is 0 Å². The lowest BCUT2D eigenvalue weighted by Gasteiger charge is -2.14. The maximum atomic E-state index is 13.6. The topological polar surface area (TPSA) is 57.8 Å². The van der Waals surface area contributed by atoms with Crippen LogP contribution in [0.5, 0.6) is 0 Å². The van der Waals surface area contributed by atoms with E-state index in [9.17, 15) is 35.5 Å². The molecule has 23 heavy (non-hydrogen) atoms. The highest BCUT2D eigenvalue weighted by molar-refractivity contribution is 14.1. The fourth-order valence-electron chi connectivity index (χ4n) is 1.60. The van der Waals surface area contributed by atoms with Gasteiger partial charge < -0.3 is 5.32 Å². The van der Waals surface area contributed by atoms with Crippen LogP contribution in [0.2, 0.25) is 0 Å². The van der Waals surface area contributed by atoms with Crippen LogP contribution in [0.15, 0.2) is 6.20 Å². The van der Waals surface area contributed by atoms with Crippen LogP contribution >= 0.6 is 22.6 Å². The number of benzene rings is 1. The van der Waals surface area contributed by atoms with Crippen LogP contribution in [0.3, 0.4) is 0 Å². The van der Waals surface area contributed by atoms with Crippen LogP contribution in [0, 0.1) is 26.8 Å². The Labute approximate surface area is 136 Å². The molecule has 0 bridgehead atoms. The standard InChI is InChI=1S/C11H3F7IN3O/c12-4-3(11(16,17)18)5(13)7(15)9(6(4)14)21-10(23)8-2(19)1-20-22-8/h1H,(H,20,22)(H,21,23). The third-order valence-corrected chi connectivity index (χ3v) is 3.42. The minimum absolute atomic E-state index is 0.203. The summed E-state index contributed by atoms with van der Waals surface area (Å²) in [6, 6.07) is 0. The molecular formula is C11H3F7IN3O. The molecule has 1 aromatic heterocycles. The summed E-state index contributed by atoms with van der Waals surface area (Å²) in [4.78, 5) is 11.7. The van der Waals surface area contributed by atoms with Crippen LogP contribution in [0.4, 0.5) is 36.4 Å². The summed E-state index contributed by atoms with van der Waals surface area (Å²) in [6.07, 6.45) is -4.49. The van der Waals surface area contributed by atoms with Crippen LogP contribution in [-0.4, -0.2) is 16.1 Å². The van der Waals surface area contributed by atoms with E-state index in [2.05, 4.69) is 10.2 Å². The Bertz CT molecular complexity index is 758. The van der Waals surface area contributed by atoms with Crippen molar-refractivity contribution in [1.29, 1.82) is 0 Å². The summed E-state index contributed by atoms with van der Waals surface area (Å²) in [5.41, 5.74) is -4.70. The zero-order chi connectivity index (χ0) is 17.5. The molecule has 124 valence electrons. The maximum absolute atomic E-state index is 13.6. The van der Waals surface area contributed by atoms with Crippen molar-refractivity contribution in [3.8, 4) is 0 Å². The number of hydrogen-bond acceptors (Lipinski definition) is 2. The molecule has 2 N–H and O–H groups in total. The van der Waals surface area contributed by atoms with Crippen LogP contribution in [0.25, 0.3) is 0 Å². The number of nitrogens with one attached hydrogen (secondary N) is 2. The van der Waals surface area contributed by atoms with E-state index in [0.29, 0.717) is 0 Å². The number of anilines is 1. The lowest BCUT2D eigenvalue weighted by molar-refractivity contribution is -0.143. The van der Waals surface area contributed by atoms with Crippen molar-refractivity contribution < 1.29 is 35.5 Å². The lowest BCUT2D eigenvalue weighted by atomic mass is 10.1. The number of H-pyrrole nitrogens is 1. The van der Waals surface area contributed by atoms with Gasteiger partial charge in [0, 0.05) is 0 Å². The van der Waals surface area contributed by atoms with E-state index in [1.165, 1.54) is 5.32 Å². The third-order valence-electron chi connectivity index (χ3n) is 2.61. The number of rotatable bonds is 2. The minimum atomic E-state index is -5.66. The van der Waals surface area contributed by atoms with Gasteiger partial charge in [-0.1, -0.05) is 0 Å². The number of carbonyl (C=O) groups excluding carboxylic acids is 1. The Kier molecular flexibility index (Phi) is 4.54. The Morgan fingerprint density at radius 1 is 1.09 bits per heavy atom. The number of halogens is 8. The zero-order valence-corrected chi connectivity index (χ0v) is 12.6. The highest BCUT2D eigenvalue weighted by atomic mass is 127. The molecule has 0 spiro atoms. The summed E-state index contributed by atoms with van der Waals surface area (Å²) in [7, 11) is 0. The summed E-state index contributed by atoms with van der Waals surface area (Å²) in [5, 5.41) is 7.05. The molecule has 0 aliphatic carbocycles. The van der Waals surface area contributed by atoms with Crippen LogP contribution < -0.4 is 5.32 Å². The van der Waals surface area contributed by atoms with Crippen molar-refractivity contribution in [2.45, 2.75) is 6.18 Å². The number of nitrogens with zero attached hydrogens (tertiary/aromatic N) is 1. The number of hydrogen-bond donors (Lipinski definition) is 2. The molecule has 0 fully saturated rings. The lowest BCUT2D eigenvalue weighted by Crippen LogP contribution is -2.21. The van der Waals surface area contributed by atoms with Crippen molar-refractivity contribution in [2.24, 2.45) is 0 Å². The van der Waals surface area contributed by atoms with E-state index >= 15 is 0 Å². The Morgan fingerprint density at radius 3 is 2.00 bits per heavy atom. The molecule has 1 amide bonds. The SMILES string of the molecule is O=C(Nc1c(F)c(F)c(C(F)(F)F)c(F)c1F)c1[nH]ncc1I. The average Bonchev–Trinajstić information content (AvgIpc) is 2.86. The number of alkyl halides is 3. The summed E-state index contributed by atoms with van der Waals surface area (Å²) in [6.45, 7) is 0. The first-order chi connectivity index (χ1) is 10.6.